The second kappa shape index (κ2) is 4.29. The Bertz CT molecular complexity index is 546. The van der Waals surface area contributed by atoms with Gasteiger partial charge in [0, 0.05) is 13.6 Å². The molecule has 0 aliphatic carbocycles. The molecule has 2 heterocycles. The topological polar surface area (TPSA) is 39.1 Å². The highest BCUT2D eigenvalue weighted by molar-refractivity contribution is 6.35. The van der Waals surface area contributed by atoms with Crippen molar-refractivity contribution in [2.24, 2.45) is 7.05 Å². The van der Waals surface area contributed by atoms with Gasteiger partial charge >= 0.3 is 0 Å². The molecule has 0 bridgehead atoms. The first-order chi connectivity index (χ1) is 8.27. The second-order valence-corrected chi connectivity index (χ2v) is 4.63. The Morgan fingerprint density at radius 3 is 3.12 bits per heavy atom. The first-order valence-electron chi connectivity index (χ1n) is 5.69. The highest BCUT2D eigenvalue weighted by Gasteiger charge is 2.21. The van der Waals surface area contributed by atoms with E-state index >= 15 is 0 Å². The molecule has 2 aromatic rings. The van der Waals surface area contributed by atoms with Gasteiger partial charge in [-0.05, 0) is 12.1 Å². The summed E-state index contributed by atoms with van der Waals surface area (Å²) >= 11 is 6.20. The van der Waals surface area contributed by atoms with Gasteiger partial charge in [-0.15, -0.1) is 0 Å². The molecule has 1 unspecified atom stereocenters. The molecule has 0 radical (unpaired) electrons. The van der Waals surface area contributed by atoms with Gasteiger partial charge < -0.3 is 14.6 Å². The third kappa shape index (κ3) is 1.82. The number of para-hydroxylation sites is 1. The fourth-order valence-electron chi connectivity index (χ4n) is 2.28. The molecule has 1 aromatic carbocycles. The van der Waals surface area contributed by atoms with Gasteiger partial charge in [0.2, 0.25) is 0 Å². The van der Waals surface area contributed by atoms with E-state index < -0.39 is 0 Å². The van der Waals surface area contributed by atoms with Crippen molar-refractivity contribution in [1.82, 2.24) is 14.9 Å². The monoisotopic (exact) mass is 251 g/mol. The molecule has 1 saturated heterocycles. The third-order valence-corrected chi connectivity index (χ3v) is 3.42. The number of aryl methyl sites for hydroxylation is 1. The van der Waals surface area contributed by atoms with Gasteiger partial charge in [-0.2, -0.15) is 0 Å². The third-order valence-electron chi connectivity index (χ3n) is 3.11. The Morgan fingerprint density at radius 2 is 2.41 bits per heavy atom. The Hall–Kier alpha value is -1.10. The maximum atomic E-state index is 6.20. The lowest BCUT2D eigenvalue weighted by molar-refractivity contribution is 0.0735. The summed E-state index contributed by atoms with van der Waals surface area (Å²) in [7, 11) is 1.99. The number of nitrogens with zero attached hydrogens (tertiary/aromatic N) is 2. The number of hydrogen-bond acceptors (Lipinski definition) is 3. The van der Waals surface area contributed by atoms with Crippen molar-refractivity contribution < 1.29 is 4.74 Å². The van der Waals surface area contributed by atoms with Gasteiger partial charge in [-0.3, -0.25) is 0 Å². The van der Waals surface area contributed by atoms with Crippen molar-refractivity contribution in [1.29, 1.82) is 0 Å². The molecule has 1 aliphatic heterocycles. The molecule has 0 amide bonds. The Labute approximate surface area is 105 Å². The van der Waals surface area contributed by atoms with Crippen molar-refractivity contribution in [3.05, 3.63) is 29.0 Å². The van der Waals surface area contributed by atoms with Crippen LogP contribution in [0.5, 0.6) is 0 Å². The van der Waals surface area contributed by atoms with Gasteiger partial charge in [0.1, 0.15) is 5.82 Å². The van der Waals surface area contributed by atoms with Crippen molar-refractivity contribution in [2.45, 2.75) is 6.04 Å². The van der Waals surface area contributed by atoms with Crippen LogP contribution >= 0.6 is 11.6 Å². The quantitative estimate of drug-likeness (QED) is 0.841. The summed E-state index contributed by atoms with van der Waals surface area (Å²) in [4.78, 5) is 4.63. The van der Waals surface area contributed by atoms with Gasteiger partial charge in [0.25, 0.3) is 0 Å². The van der Waals surface area contributed by atoms with Crippen LogP contribution in [0.15, 0.2) is 18.2 Å². The largest absolute Gasteiger partial charge is 0.378 e. The van der Waals surface area contributed by atoms with Crippen LogP contribution in [-0.2, 0) is 11.8 Å². The SMILES string of the molecule is Cn1c(C2COCCN2)nc2cccc(Cl)c21. The van der Waals surface area contributed by atoms with Crippen LogP contribution < -0.4 is 5.32 Å². The van der Waals surface area contributed by atoms with Crippen LogP contribution in [0, 0.1) is 0 Å². The zero-order valence-electron chi connectivity index (χ0n) is 9.61. The maximum Gasteiger partial charge on any atom is 0.129 e. The van der Waals surface area contributed by atoms with Crippen molar-refractivity contribution in [2.75, 3.05) is 19.8 Å². The van der Waals surface area contributed by atoms with Crippen LogP contribution in [0.1, 0.15) is 11.9 Å². The maximum absolute atomic E-state index is 6.20. The van der Waals surface area contributed by atoms with Crippen LogP contribution in [0.25, 0.3) is 11.0 Å². The summed E-state index contributed by atoms with van der Waals surface area (Å²) in [5.41, 5.74) is 1.92. The summed E-state index contributed by atoms with van der Waals surface area (Å²) in [5, 5.41) is 4.14. The minimum absolute atomic E-state index is 0.150. The number of hydrogen-bond donors (Lipinski definition) is 1. The first kappa shape index (κ1) is 11.0. The molecule has 90 valence electrons. The molecule has 1 aliphatic rings. The molecule has 0 spiro atoms. The molecular formula is C12H14ClN3O. The summed E-state index contributed by atoms with van der Waals surface area (Å²) in [6.07, 6.45) is 0. The molecule has 0 saturated carbocycles. The van der Waals surface area contributed by atoms with E-state index in [0.717, 1.165) is 35.0 Å². The molecule has 5 heteroatoms. The van der Waals surface area contributed by atoms with Crippen LogP contribution in [0.2, 0.25) is 5.02 Å². The number of imidazole rings is 1. The van der Waals surface area contributed by atoms with Gasteiger partial charge in [0.15, 0.2) is 0 Å². The Morgan fingerprint density at radius 1 is 1.53 bits per heavy atom. The van der Waals surface area contributed by atoms with Crippen molar-refractivity contribution in [3.63, 3.8) is 0 Å². The van der Waals surface area contributed by atoms with E-state index in [2.05, 4.69) is 10.3 Å². The normalized spacial score (nSPS) is 20.9. The van der Waals surface area contributed by atoms with Gasteiger partial charge in [0.05, 0.1) is 35.3 Å². The smallest absolute Gasteiger partial charge is 0.129 e. The lowest BCUT2D eigenvalue weighted by Crippen LogP contribution is -2.36. The summed E-state index contributed by atoms with van der Waals surface area (Å²) in [6.45, 7) is 2.29. The predicted molar refractivity (Wildman–Crippen MR) is 67.3 cm³/mol. The number of ether oxygens (including phenoxy) is 1. The molecular weight excluding hydrogens is 238 g/mol. The minimum atomic E-state index is 0.150. The molecule has 4 nitrogen and oxygen atoms in total. The minimum Gasteiger partial charge on any atom is -0.378 e. The Balaban J connectivity index is 2.10. The zero-order valence-corrected chi connectivity index (χ0v) is 10.4. The first-order valence-corrected chi connectivity index (χ1v) is 6.07. The average Bonchev–Trinajstić information content (AvgIpc) is 2.69. The summed E-state index contributed by atoms with van der Waals surface area (Å²) in [5.74, 6) is 0.979. The number of aromatic nitrogens is 2. The zero-order chi connectivity index (χ0) is 11.8. The number of morpholine rings is 1. The lowest BCUT2D eigenvalue weighted by Gasteiger charge is -2.23. The molecule has 1 aromatic heterocycles. The summed E-state index contributed by atoms with van der Waals surface area (Å²) < 4.78 is 7.51. The highest BCUT2D eigenvalue weighted by Crippen LogP contribution is 2.26. The van der Waals surface area contributed by atoms with Crippen molar-refractivity contribution in [3.8, 4) is 0 Å². The van der Waals surface area contributed by atoms with Crippen LogP contribution in [-0.4, -0.2) is 29.3 Å². The number of fused-ring (bicyclic) bond motifs is 1. The van der Waals surface area contributed by atoms with E-state index in [1.54, 1.807) is 0 Å². The molecule has 3 rings (SSSR count). The molecule has 1 fully saturated rings. The number of nitrogens with one attached hydrogen (secondary N) is 1. The fourth-order valence-corrected chi connectivity index (χ4v) is 2.58. The van der Waals surface area contributed by atoms with E-state index in [0.29, 0.717) is 6.61 Å². The van der Waals surface area contributed by atoms with E-state index in [9.17, 15) is 0 Å². The second-order valence-electron chi connectivity index (χ2n) is 4.22. The Kier molecular flexibility index (Phi) is 2.78. The van der Waals surface area contributed by atoms with Crippen LogP contribution in [0.4, 0.5) is 0 Å². The fraction of sp³-hybridized carbons (Fsp3) is 0.417. The number of benzene rings is 1. The van der Waals surface area contributed by atoms with E-state index in [1.807, 2.05) is 29.8 Å². The highest BCUT2D eigenvalue weighted by atomic mass is 35.5. The van der Waals surface area contributed by atoms with E-state index in [1.165, 1.54) is 0 Å². The standard InChI is InChI=1S/C12H14ClN3O/c1-16-11-8(13)3-2-4-9(11)15-12(16)10-7-17-6-5-14-10/h2-4,10,14H,5-7H2,1H3. The lowest BCUT2D eigenvalue weighted by atomic mass is 10.2. The van der Waals surface area contributed by atoms with E-state index in [-0.39, 0.29) is 6.04 Å². The number of rotatable bonds is 1. The molecule has 17 heavy (non-hydrogen) atoms. The predicted octanol–water partition coefficient (Wildman–Crippen LogP) is 1.89. The van der Waals surface area contributed by atoms with E-state index in [4.69, 9.17) is 16.3 Å². The average molecular weight is 252 g/mol. The molecule has 1 atom stereocenters. The van der Waals surface area contributed by atoms with Crippen molar-refractivity contribution >= 4 is 22.6 Å². The van der Waals surface area contributed by atoms with Crippen LogP contribution in [0.3, 0.4) is 0 Å². The summed E-state index contributed by atoms with van der Waals surface area (Å²) in [6, 6.07) is 5.94. The molecule has 1 N–H and O–H groups in total. The number of halogens is 1. The van der Waals surface area contributed by atoms with Gasteiger partial charge in [-0.1, -0.05) is 17.7 Å². The van der Waals surface area contributed by atoms with Gasteiger partial charge in [-0.25, -0.2) is 4.98 Å².